The summed E-state index contributed by atoms with van der Waals surface area (Å²) in [7, 11) is 0. The van der Waals surface area contributed by atoms with Crippen LogP contribution < -0.4 is 4.90 Å². The van der Waals surface area contributed by atoms with Crippen LogP contribution in [-0.2, 0) is 9.59 Å². The fourth-order valence-electron chi connectivity index (χ4n) is 5.43. The number of rotatable bonds is 3. The van der Waals surface area contributed by atoms with Crippen molar-refractivity contribution >= 4 is 40.6 Å². The molecule has 2 atom stereocenters. The number of hydrogen-bond donors (Lipinski definition) is 0. The van der Waals surface area contributed by atoms with Crippen molar-refractivity contribution in [2.75, 3.05) is 4.90 Å². The van der Waals surface area contributed by atoms with Gasteiger partial charge < -0.3 is 0 Å². The van der Waals surface area contributed by atoms with E-state index < -0.39 is 0 Å². The summed E-state index contributed by atoms with van der Waals surface area (Å²) >= 11 is 12.7. The van der Waals surface area contributed by atoms with E-state index in [4.69, 9.17) is 23.2 Å². The molecule has 0 saturated heterocycles. The number of aryl methyl sites for hydroxylation is 2. The van der Waals surface area contributed by atoms with Crippen molar-refractivity contribution in [1.29, 1.82) is 0 Å². The minimum Gasteiger partial charge on any atom is -0.294 e. The molecule has 2 unspecified atom stereocenters. The highest BCUT2D eigenvalue weighted by Crippen LogP contribution is 2.48. The van der Waals surface area contributed by atoms with Crippen LogP contribution in [0.15, 0.2) is 78.0 Å². The van der Waals surface area contributed by atoms with Crippen LogP contribution in [0.3, 0.4) is 0 Å². The van der Waals surface area contributed by atoms with Gasteiger partial charge in [-0.15, -0.1) is 0 Å². The van der Waals surface area contributed by atoms with E-state index in [-0.39, 0.29) is 29.9 Å². The second-order valence-electron chi connectivity index (χ2n) is 9.30. The molecular formula is C29H25Cl2NO2. The van der Waals surface area contributed by atoms with E-state index in [2.05, 4.69) is 18.2 Å². The molecule has 0 saturated carbocycles. The number of anilines is 1. The standard InChI is InChI=1S/C29H25Cl2NO2/c1-17-10-18(2)12-22(11-17)32-26-13-20(19-6-4-3-5-7-19)14-27(33)29(26)24(16-28(32)34)23-9-8-21(30)15-25(23)31/h3-12,15,20,24H,13-14,16H2,1-2H3. The summed E-state index contributed by atoms with van der Waals surface area (Å²) in [5, 5.41) is 1.01. The van der Waals surface area contributed by atoms with E-state index >= 15 is 0 Å². The number of ketones is 1. The molecule has 0 fully saturated rings. The van der Waals surface area contributed by atoms with Crippen LogP contribution in [0.5, 0.6) is 0 Å². The van der Waals surface area contributed by atoms with Gasteiger partial charge in [-0.25, -0.2) is 0 Å². The SMILES string of the molecule is Cc1cc(C)cc(N2C(=O)CC(c3ccc(Cl)cc3Cl)C3=C2CC(c2ccccc2)CC3=O)c1. The van der Waals surface area contributed by atoms with Crippen LogP contribution in [0, 0.1) is 13.8 Å². The maximum absolute atomic E-state index is 13.7. The lowest BCUT2D eigenvalue weighted by Crippen LogP contribution is -2.42. The van der Waals surface area contributed by atoms with Crippen molar-refractivity contribution < 1.29 is 9.59 Å². The van der Waals surface area contributed by atoms with Crippen molar-refractivity contribution in [3.63, 3.8) is 0 Å². The number of carbonyl (C=O) groups is 2. The number of halogens is 2. The highest BCUT2D eigenvalue weighted by atomic mass is 35.5. The topological polar surface area (TPSA) is 37.4 Å². The van der Waals surface area contributed by atoms with Gasteiger partial charge in [0.05, 0.1) is 0 Å². The fraction of sp³-hybridized carbons (Fsp3) is 0.241. The Morgan fingerprint density at radius 3 is 2.21 bits per heavy atom. The van der Waals surface area contributed by atoms with Gasteiger partial charge in [0, 0.05) is 45.8 Å². The van der Waals surface area contributed by atoms with Crippen molar-refractivity contribution in [3.05, 3.63) is 110 Å². The zero-order chi connectivity index (χ0) is 24.0. The Morgan fingerprint density at radius 2 is 1.53 bits per heavy atom. The van der Waals surface area contributed by atoms with Gasteiger partial charge in [-0.2, -0.15) is 0 Å². The van der Waals surface area contributed by atoms with Gasteiger partial charge in [0.1, 0.15) is 0 Å². The second kappa shape index (κ2) is 9.05. The third-order valence-electron chi connectivity index (χ3n) is 6.80. The third-order valence-corrected chi connectivity index (χ3v) is 7.37. The average Bonchev–Trinajstić information content (AvgIpc) is 2.78. The molecule has 1 aliphatic heterocycles. The van der Waals surface area contributed by atoms with Gasteiger partial charge in [-0.1, -0.05) is 65.7 Å². The van der Waals surface area contributed by atoms with Gasteiger partial charge in [-0.3, -0.25) is 14.5 Å². The van der Waals surface area contributed by atoms with E-state index in [0.29, 0.717) is 28.5 Å². The fourth-order valence-corrected chi connectivity index (χ4v) is 5.97. The molecule has 1 heterocycles. The highest BCUT2D eigenvalue weighted by Gasteiger charge is 2.43. The smallest absolute Gasteiger partial charge is 0.232 e. The van der Waals surface area contributed by atoms with Gasteiger partial charge >= 0.3 is 0 Å². The first-order chi connectivity index (χ1) is 16.3. The lowest BCUT2D eigenvalue weighted by molar-refractivity contribution is -0.120. The number of carbonyl (C=O) groups excluding carboxylic acids is 2. The second-order valence-corrected chi connectivity index (χ2v) is 10.1. The molecule has 5 rings (SSSR count). The Morgan fingerprint density at radius 1 is 0.824 bits per heavy atom. The van der Waals surface area contributed by atoms with Gasteiger partial charge in [0.2, 0.25) is 5.91 Å². The number of nitrogens with zero attached hydrogens (tertiary/aromatic N) is 1. The molecule has 3 aromatic carbocycles. The number of hydrogen-bond acceptors (Lipinski definition) is 2. The van der Waals surface area contributed by atoms with E-state index in [1.54, 1.807) is 17.0 Å². The minimum atomic E-state index is -0.376. The molecule has 0 N–H and O–H groups in total. The zero-order valence-corrected chi connectivity index (χ0v) is 20.7. The predicted octanol–water partition coefficient (Wildman–Crippen LogP) is 7.53. The van der Waals surface area contributed by atoms with E-state index in [0.717, 1.165) is 33.6 Å². The summed E-state index contributed by atoms with van der Waals surface area (Å²) in [6.45, 7) is 4.05. The molecule has 3 nitrogen and oxygen atoms in total. The highest BCUT2D eigenvalue weighted by molar-refractivity contribution is 6.35. The van der Waals surface area contributed by atoms with Crippen LogP contribution in [0.4, 0.5) is 5.69 Å². The van der Waals surface area contributed by atoms with Gasteiger partial charge in [0.15, 0.2) is 5.78 Å². The van der Waals surface area contributed by atoms with Crippen LogP contribution in [0.2, 0.25) is 10.0 Å². The summed E-state index contributed by atoms with van der Waals surface area (Å²) in [6, 6.07) is 21.5. The maximum Gasteiger partial charge on any atom is 0.232 e. The molecule has 1 aliphatic carbocycles. The summed E-state index contributed by atoms with van der Waals surface area (Å²) < 4.78 is 0. The number of benzene rings is 3. The van der Waals surface area contributed by atoms with Crippen molar-refractivity contribution in [2.24, 2.45) is 0 Å². The summed E-state index contributed by atoms with van der Waals surface area (Å²) in [6.07, 6.45) is 1.22. The molecule has 1 amide bonds. The van der Waals surface area contributed by atoms with E-state index in [9.17, 15) is 9.59 Å². The van der Waals surface area contributed by atoms with Crippen LogP contribution in [-0.4, -0.2) is 11.7 Å². The Bertz CT molecular complexity index is 1310. The average molecular weight is 490 g/mol. The molecule has 5 heteroatoms. The number of allylic oxidation sites excluding steroid dienone is 2. The lowest BCUT2D eigenvalue weighted by Gasteiger charge is -2.41. The summed E-state index contributed by atoms with van der Waals surface area (Å²) in [5.74, 6) is -0.305. The normalized spacial score (nSPS) is 20.5. The first-order valence-corrected chi connectivity index (χ1v) is 12.2. The van der Waals surface area contributed by atoms with E-state index in [1.165, 1.54) is 0 Å². The number of amides is 1. The van der Waals surface area contributed by atoms with E-state index in [1.807, 2.05) is 50.2 Å². The largest absolute Gasteiger partial charge is 0.294 e. The van der Waals surface area contributed by atoms with Crippen molar-refractivity contribution in [1.82, 2.24) is 0 Å². The first kappa shape index (κ1) is 22.9. The molecule has 0 bridgehead atoms. The molecule has 0 radical (unpaired) electrons. The van der Waals surface area contributed by atoms with Crippen LogP contribution >= 0.6 is 23.2 Å². The Hall–Kier alpha value is -2.88. The van der Waals surface area contributed by atoms with Crippen molar-refractivity contribution in [2.45, 2.75) is 44.9 Å². The van der Waals surface area contributed by atoms with Gasteiger partial charge in [-0.05, 0) is 72.7 Å². The van der Waals surface area contributed by atoms with Gasteiger partial charge in [0.25, 0.3) is 0 Å². The maximum atomic E-state index is 13.7. The monoisotopic (exact) mass is 489 g/mol. The van der Waals surface area contributed by atoms with Crippen LogP contribution in [0.1, 0.15) is 53.4 Å². The summed E-state index contributed by atoms with van der Waals surface area (Å²) in [5.41, 5.74) is 6.36. The molecule has 34 heavy (non-hydrogen) atoms. The number of Topliss-reactive ketones (excluding diaryl/α,β-unsaturated/α-hetero) is 1. The molecule has 172 valence electrons. The molecule has 0 spiro atoms. The molecule has 3 aromatic rings. The quantitative estimate of drug-likeness (QED) is 0.381. The van der Waals surface area contributed by atoms with Crippen molar-refractivity contribution in [3.8, 4) is 0 Å². The minimum absolute atomic E-state index is 0.0214. The molecule has 2 aliphatic rings. The molecular weight excluding hydrogens is 465 g/mol. The zero-order valence-electron chi connectivity index (χ0n) is 19.1. The third kappa shape index (κ3) is 4.19. The molecule has 0 aromatic heterocycles. The predicted molar refractivity (Wildman–Crippen MR) is 138 cm³/mol. The van der Waals surface area contributed by atoms with Crippen LogP contribution in [0.25, 0.3) is 0 Å². The summed E-state index contributed by atoms with van der Waals surface area (Å²) in [4.78, 5) is 29.2. The Kier molecular flexibility index (Phi) is 6.09. The Labute approximate surface area is 210 Å². The lowest BCUT2D eigenvalue weighted by atomic mass is 9.72. The Balaban J connectivity index is 1.69. The first-order valence-electron chi connectivity index (χ1n) is 11.5.